The topological polar surface area (TPSA) is 136 Å². The molecule has 0 aliphatic carbocycles. The van der Waals surface area contributed by atoms with E-state index in [9.17, 15) is 19.2 Å². The molecule has 0 unspecified atom stereocenters. The molecule has 9 heteroatoms. The van der Waals surface area contributed by atoms with Gasteiger partial charge >= 0.3 is 23.9 Å². The lowest BCUT2D eigenvalue weighted by atomic mass is 10.0. The normalized spacial score (nSPS) is 10.5. The minimum atomic E-state index is -1.10. The summed E-state index contributed by atoms with van der Waals surface area (Å²) in [4.78, 5) is 47.0. The third-order valence-corrected chi connectivity index (χ3v) is 4.55. The van der Waals surface area contributed by atoms with E-state index >= 15 is 0 Å². The van der Waals surface area contributed by atoms with E-state index in [0.29, 0.717) is 16.3 Å². The van der Waals surface area contributed by atoms with Crippen LogP contribution in [0.25, 0.3) is 10.8 Å². The molecule has 0 atom stereocenters. The number of ether oxygens (including phenoxy) is 3. The average molecular weight is 452 g/mol. The number of esters is 3. The lowest BCUT2D eigenvalue weighted by molar-refractivity contribution is 0.0266. The molecule has 0 aromatic heterocycles. The van der Waals surface area contributed by atoms with E-state index in [1.807, 2.05) is 0 Å². The van der Waals surface area contributed by atoms with Gasteiger partial charge in [-0.3, -0.25) is 0 Å². The maximum absolute atomic E-state index is 12.3. The molecule has 0 spiro atoms. The Morgan fingerprint density at radius 1 is 0.576 bits per heavy atom. The Morgan fingerprint density at radius 2 is 0.970 bits per heavy atom. The first-order valence-corrected chi connectivity index (χ1v) is 9.88. The van der Waals surface area contributed by atoms with Crippen molar-refractivity contribution in [3.05, 3.63) is 82.9 Å². The van der Waals surface area contributed by atoms with Crippen LogP contribution in [-0.4, -0.2) is 60.5 Å². The number of carbonyl (C=O) groups is 4. The zero-order valence-corrected chi connectivity index (χ0v) is 17.4. The Bertz CT molecular complexity index is 1180. The summed E-state index contributed by atoms with van der Waals surface area (Å²) in [6, 6.07) is 14.9. The van der Waals surface area contributed by atoms with Crippen molar-refractivity contribution in [2.24, 2.45) is 0 Å². The molecule has 0 fully saturated rings. The van der Waals surface area contributed by atoms with E-state index in [1.54, 1.807) is 36.4 Å². The summed E-state index contributed by atoms with van der Waals surface area (Å²) in [5.41, 5.74) is 0.841. The lowest BCUT2D eigenvalue weighted by Crippen LogP contribution is -2.14. The monoisotopic (exact) mass is 452 g/mol. The molecule has 3 rings (SSSR count). The Kier molecular flexibility index (Phi) is 7.72. The maximum atomic E-state index is 12.3. The molecule has 2 N–H and O–H groups in total. The zero-order valence-electron chi connectivity index (χ0n) is 17.4. The fourth-order valence-corrected chi connectivity index (χ4v) is 2.91. The van der Waals surface area contributed by atoms with Gasteiger partial charge in [-0.15, -0.1) is 0 Å². The van der Waals surface area contributed by atoms with Crippen LogP contribution in [0.5, 0.6) is 0 Å². The molecule has 0 heterocycles. The molecule has 170 valence electrons. The molecule has 0 bridgehead atoms. The molecule has 0 aliphatic heterocycles. The summed E-state index contributed by atoms with van der Waals surface area (Å²) in [7, 11) is 0. The first-order chi connectivity index (χ1) is 15.9. The highest BCUT2D eigenvalue weighted by atomic mass is 16.6. The largest absolute Gasteiger partial charge is 0.478 e. The second-order valence-corrected chi connectivity index (χ2v) is 6.79. The van der Waals surface area contributed by atoms with Gasteiger partial charge in [-0.2, -0.15) is 0 Å². The summed E-state index contributed by atoms with van der Waals surface area (Å²) in [6.45, 7) is -0.679. The lowest BCUT2D eigenvalue weighted by Gasteiger charge is -2.08. The molecule has 0 amide bonds. The third kappa shape index (κ3) is 6.14. The molecule has 0 saturated carbocycles. The highest BCUT2D eigenvalue weighted by Crippen LogP contribution is 2.19. The number of carbonyl (C=O) groups excluding carboxylic acids is 3. The van der Waals surface area contributed by atoms with E-state index in [0.717, 1.165) is 0 Å². The molecular weight excluding hydrogens is 432 g/mol. The molecule has 3 aromatic rings. The van der Waals surface area contributed by atoms with Gasteiger partial charge in [0, 0.05) is 0 Å². The Hall–Kier alpha value is -4.24. The number of aromatic carboxylic acids is 1. The van der Waals surface area contributed by atoms with Gasteiger partial charge in [-0.1, -0.05) is 12.1 Å². The fourth-order valence-electron chi connectivity index (χ4n) is 2.91. The van der Waals surface area contributed by atoms with Gasteiger partial charge in [0.1, 0.15) is 19.8 Å². The van der Waals surface area contributed by atoms with Crippen LogP contribution in [0, 0.1) is 0 Å². The van der Waals surface area contributed by atoms with Crippen LogP contribution >= 0.6 is 0 Å². The van der Waals surface area contributed by atoms with Crippen molar-refractivity contribution >= 4 is 34.6 Å². The van der Waals surface area contributed by atoms with Crippen LogP contribution in [0.3, 0.4) is 0 Å². The Balaban J connectivity index is 1.52. The van der Waals surface area contributed by atoms with Crippen molar-refractivity contribution in [3.8, 4) is 0 Å². The first kappa shape index (κ1) is 23.4. The van der Waals surface area contributed by atoms with E-state index in [1.165, 1.54) is 24.3 Å². The SMILES string of the molecule is O=C(O)c1ccc(C(=O)OCCOC(=O)c2ccc3cc(C(=O)OCCO)ccc3c2)cc1. The molecule has 3 aromatic carbocycles. The highest BCUT2D eigenvalue weighted by Gasteiger charge is 2.12. The quantitative estimate of drug-likeness (QED) is 0.285. The second kappa shape index (κ2) is 10.9. The number of rotatable bonds is 9. The zero-order chi connectivity index (χ0) is 23.8. The molecule has 0 aliphatic rings. The van der Waals surface area contributed by atoms with Gasteiger partial charge in [0.2, 0.25) is 0 Å². The number of hydrogen-bond acceptors (Lipinski definition) is 8. The van der Waals surface area contributed by atoms with E-state index in [2.05, 4.69) is 0 Å². The van der Waals surface area contributed by atoms with Gasteiger partial charge in [-0.05, 0) is 59.3 Å². The van der Waals surface area contributed by atoms with Gasteiger partial charge in [0.15, 0.2) is 0 Å². The number of benzene rings is 3. The maximum Gasteiger partial charge on any atom is 0.338 e. The summed E-state index contributed by atoms with van der Waals surface area (Å²) in [6.07, 6.45) is 0. The van der Waals surface area contributed by atoms with Crippen molar-refractivity contribution in [2.45, 2.75) is 0 Å². The molecular formula is C24H20O9. The second-order valence-electron chi connectivity index (χ2n) is 6.79. The van der Waals surface area contributed by atoms with Gasteiger partial charge < -0.3 is 24.4 Å². The van der Waals surface area contributed by atoms with Crippen LogP contribution in [0.4, 0.5) is 0 Å². The van der Waals surface area contributed by atoms with Gasteiger partial charge in [-0.25, -0.2) is 19.2 Å². The van der Waals surface area contributed by atoms with E-state index < -0.39 is 23.9 Å². The van der Waals surface area contributed by atoms with Crippen LogP contribution in [0.1, 0.15) is 41.4 Å². The van der Waals surface area contributed by atoms with Crippen LogP contribution < -0.4 is 0 Å². The minimum Gasteiger partial charge on any atom is -0.478 e. The van der Waals surface area contributed by atoms with Gasteiger partial charge in [0.05, 0.1) is 28.9 Å². The predicted molar refractivity (Wildman–Crippen MR) is 115 cm³/mol. The van der Waals surface area contributed by atoms with E-state index in [4.69, 9.17) is 24.4 Å². The van der Waals surface area contributed by atoms with E-state index in [-0.39, 0.29) is 43.1 Å². The fraction of sp³-hybridized carbons (Fsp3) is 0.167. The number of aliphatic hydroxyl groups is 1. The summed E-state index contributed by atoms with van der Waals surface area (Å²) in [5.74, 6) is -2.93. The molecule has 0 radical (unpaired) electrons. The van der Waals surface area contributed by atoms with Crippen LogP contribution in [0.2, 0.25) is 0 Å². The number of carboxylic acids is 1. The number of hydrogen-bond donors (Lipinski definition) is 2. The minimum absolute atomic E-state index is 0.0497. The van der Waals surface area contributed by atoms with Crippen molar-refractivity contribution < 1.29 is 43.6 Å². The molecule has 9 nitrogen and oxygen atoms in total. The summed E-state index contributed by atoms with van der Waals surface area (Å²) < 4.78 is 15.0. The molecule has 0 saturated heterocycles. The third-order valence-electron chi connectivity index (χ3n) is 4.55. The summed E-state index contributed by atoms with van der Waals surface area (Å²) in [5, 5.41) is 19.0. The number of fused-ring (bicyclic) bond motifs is 1. The Morgan fingerprint density at radius 3 is 1.42 bits per heavy atom. The number of aliphatic hydroxyl groups excluding tert-OH is 1. The average Bonchev–Trinajstić information content (AvgIpc) is 2.84. The van der Waals surface area contributed by atoms with Crippen molar-refractivity contribution in [1.82, 2.24) is 0 Å². The van der Waals surface area contributed by atoms with Crippen molar-refractivity contribution in [2.75, 3.05) is 26.4 Å². The Labute approximate surface area is 188 Å². The van der Waals surface area contributed by atoms with Crippen molar-refractivity contribution in [3.63, 3.8) is 0 Å². The first-order valence-electron chi connectivity index (χ1n) is 9.88. The van der Waals surface area contributed by atoms with Gasteiger partial charge in [0.25, 0.3) is 0 Å². The van der Waals surface area contributed by atoms with Crippen molar-refractivity contribution in [1.29, 1.82) is 0 Å². The predicted octanol–water partition coefficient (Wildman–Crippen LogP) is 2.70. The standard InChI is InChI=1S/C24H20O9/c25-9-10-31-23(29)19-7-5-18-14-20(8-6-17(18)13-19)24(30)33-12-11-32-22(28)16-3-1-15(2-4-16)21(26)27/h1-8,13-14,25H,9-12H2,(H,26,27). The highest BCUT2D eigenvalue weighted by molar-refractivity contribution is 5.99. The number of carboxylic acid groups (broad SMARTS) is 1. The van der Waals surface area contributed by atoms with Crippen LogP contribution in [-0.2, 0) is 14.2 Å². The summed E-state index contributed by atoms with van der Waals surface area (Å²) >= 11 is 0. The smallest absolute Gasteiger partial charge is 0.338 e. The molecule has 33 heavy (non-hydrogen) atoms. The van der Waals surface area contributed by atoms with Crippen LogP contribution in [0.15, 0.2) is 60.7 Å².